The van der Waals surface area contributed by atoms with Crippen LogP contribution in [-0.4, -0.2) is 49.1 Å². The molecule has 0 aromatic heterocycles. The lowest BCUT2D eigenvalue weighted by Crippen LogP contribution is -2.51. The van der Waals surface area contributed by atoms with E-state index < -0.39 is 6.03 Å². The van der Waals surface area contributed by atoms with Crippen molar-refractivity contribution in [2.75, 3.05) is 20.1 Å². The number of hydrogen-bond donors (Lipinski definition) is 3. The van der Waals surface area contributed by atoms with E-state index in [1.54, 1.807) is 6.92 Å². The highest BCUT2D eigenvalue weighted by molar-refractivity contribution is 5.96. The van der Waals surface area contributed by atoms with Gasteiger partial charge in [0.05, 0.1) is 6.04 Å². The SMILES string of the molecule is CNCC1CCCN1C(C)C(=O)NC(N)=O. The molecule has 2 unspecified atom stereocenters. The molecular formula is C10H20N4O2. The predicted molar refractivity (Wildman–Crippen MR) is 60.8 cm³/mol. The Morgan fingerprint density at radius 2 is 2.25 bits per heavy atom. The van der Waals surface area contributed by atoms with Crippen LogP contribution in [0.15, 0.2) is 0 Å². The van der Waals surface area contributed by atoms with Gasteiger partial charge >= 0.3 is 6.03 Å². The highest BCUT2D eigenvalue weighted by Gasteiger charge is 2.31. The second kappa shape index (κ2) is 5.81. The molecule has 1 heterocycles. The van der Waals surface area contributed by atoms with E-state index in [1.165, 1.54) is 0 Å². The van der Waals surface area contributed by atoms with Crippen LogP contribution in [0.3, 0.4) is 0 Å². The van der Waals surface area contributed by atoms with Crippen molar-refractivity contribution in [1.29, 1.82) is 0 Å². The molecule has 1 saturated heterocycles. The molecule has 4 N–H and O–H groups in total. The van der Waals surface area contributed by atoms with Gasteiger partial charge in [-0.2, -0.15) is 0 Å². The van der Waals surface area contributed by atoms with Gasteiger partial charge in [0, 0.05) is 12.6 Å². The summed E-state index contributed by atoms with van der Waals surface area (Å²) < 4.78 is 0. The van der Waals surface area contributed by atoms with Crippen molar-refractivity contribution in [2.24, 2.45) is 5.73 Å². The summed E-state index contributed by atoms with van der Waals surface area (Å²) in [5.74, 6) is -0.324. The van der Waals surface area contributed by atoms with Crippen LogP contribution in [0.5, 0.6) is 0 Å². The number of amides is 3. The van der Waals surface area contributed by atoms with Crippen LogP contribution in [0, 0.1) is 0 Å². The Morgan fingerprint density at radius 3 is 2.81 bits per heavy atom. The van der Waals surface area contributed by atoms with Gasteiger partial charge in [-0.3, -0.25) is 15.0 Å². The topological polar surface area (TPSA) is 87.5 Å². The maximum atomic E-state index is 11.6. The lowest BCUT2D eigenvalue weighted by atomic mass is 10.2. The monoisotopic (exact) mass is 228 g/mol. The Bertz CT molecular complexity index is 270. The number of hydrogen-bond acceptors (Lipinski definition) is 4. The van der Waals surface area contributed by atoms with E-state index in [9.17, 15) is 9.59 Å². The number of carbonyl (C=O) groups is 2. The van der Waals surface area contributed by atoms with Crippen molar-refractivity contribution in [3.63, 3.8) is 0 Å². The molecule has 92 valence electrons. The van der Waals surface area contributed by atoms with E-state index >= 15 is 0 Å². The molecule has 0 aromatic carbocycles. The van der Waals surface area contributed by atoms with Crippen molar-refractivity contribution in [3.8, 4) is 0 Å². The molecule has 0 radical (unpaired) electrons. The maximum Gasteiger partial charge on any atom is 0.318 e. The van der Waals surface area contributed by atoms with E-state index in [-0.39, 0.29) is 11.9 Å². The Kier molecular flexibility index (Phi) is 4.70. The zero-order valence-corrected chi connectivity index (χ0v) is 9.82. The highest BCUT2D eigenvalue weighted by Crippen LogP contribution is 2.19. The molecule has 1 fully saturated rings. The fourth-order valence-corrected chi connectivity index (χ4v) is 2.20. The van der Waals surface area contributed by atoms with E-state index in [0.29, 0.717) is 6.04 Å². The molecule has 2 atom stereocenters. The van der Waals surface area contributed by atoms with Gasteiger partial charge in [-0.25, -0.2) is 4.79 Å². The number of nitrogens with zero attached hydrogens (tertiary/aromatic N) is 1. The van der Waals surface area contributed by atoms with Crippen LogP contribution in [0.1, 0.15) is 19.8 Å². The number of likely N-dealkylation sites (N-methyl/N-ethyl adjacent to an activating group) is 1. The van der Waals surface area contributed by atoms with Gasteiger partial charge in [0.25, 0.3) is 0 Å². The first-order chi connectivity index (χ1) is 7.56. The number of primary amides is 1. The highest BCUT2D eigenvalue weighted by atomic mass is 16.2. The minimum atomic E-state index is -0.791. The quantitative estimate of drug-likeness (QED) is 0.591. The third kappa shape index (κ3) is 3.18. The molecular weight excluding hydrogens is 208 g/mol. The van der Waals surface area contributed by atoms with Gasteiger partial charge in [-0.15, -0.1) is 0 Å². The second-order valence-corrected chi connectivity index (χ2v) is 4.12. The average Bonchev–Trinajstić information content (AvgIpc) is 2.64. The van der Waals surface area contributed by atoms with Gasteiger partial charge in [0.15, 0.2) is 0 Å². The molecule has 1 aliphatic heterocycles. The molecule has 0 saturated carbocycles. The Hall–Kier alpha value is -1.14. The van der Waals surface area contributed by atoms with E-state index in [1.807, 2.05) is 7.05 Å². The second-order valence-electron chi connectivity index (χ2n) is 4.12. The lowest BCUT2D eigenvalue weighted by molar-refractivity contribution is -0.125. The first kappa shape index (κ1) is 12.9. The minimum absolute atomic E-state index is 0.312. The fourth-order valence-electron chi connectivity index (χ4n) is 2.20. The van der Waals surface area contributed by atoms with E-state index in [4.69, 9.17) is 5.73 Å². The maximum absolute atomic E-state index is 11.6. The van der Waals surface area contributed by atoms with Gasteiger partial charge in [0.2, 0.25) is 5.91 Å². The third-order valence-electron chi connectivity index (χ3n) is 2.99. The molecule has 16 heavy (non-hydrogen) atoms. The molecule has 0 aliphatic carbocycles. The summed E-state index contributed by atoms with van der Waals surface area (Å²) in [4.78, 5) is 24.3. The van der Waals surface area contributed by atoms with Crippen LogP contribution in [0.2, 0.25) is 0 Å². The summed E-state index contributed by atoms with van der Waals surface area (Å²) >= 11 is 0. The molecule has 0 aromatic rings. The molecule has 0 bridgehead atoms. The number of nitrogens with two attached hydrogens (primary N) is 1. The van der Waals surface area contributed by atoms with E-state index in [2.05, 4.69) is 15.5 Å². The molecule has 6 nitrogen and oxygen atoms in total. The third-order valence-corrected chi connectivity index (χ3v) is 2.99. The number of nitrogens with one attached hydrogen (secondary N) is 2. The summed E-state index contributed by atoms with van der Waals surface area (Å²) in [6, 6.07) is -0.742. The largest absolute Gasteiger partial charge is 0.351 e. The van der Waals surface area contributed by atoms with Crippen molar-refractivity contribution in [3.05, 3.63) is 0 Å². The lowest BCUT2D eigenvalue weighted by Gasteiger charge is -2.29. The van der Waals surface area contributed by atoms with Gasteiger partial charge in [-0.1, -0.05) is 0 Å². The summed E-state index contributed by atoms with van der Waals surface area (Å²) in [5.41, 5.74) is 4.92. The summed E-state index contributed by atoms with van der Waals surface area (Å²) in [6.07, 6.45) is 2.16. The minimum Gasteiger partial charge on any atom is -0.351 e. The van der Waals surface area contributed by atoms with Crippen LogP contribution < -0.4 is 16.4 Å². The van der Waals surface area contributed by atoms with Crippen LogP contribution in [-0.2, 0) is 4.79 Å². The smallest absolute Gasteiger partial charge is 0.318 e. The number of likely N-dealkylation sites (tertiary alicyclic amines) is 1. The van der Waals surface area contributed by atoms with Gasteiger partial charge in [-0.05, 0) is 33.4 Å². The number of carbonyl (C=O) groups excluding carboxylic acids is 2. The van der Waals surface area contributed by atoms with Crippen LogP contribution in [0.25, 0.3) is 0 Å². The predicted octanol–water partition coefficient (Wildman–Crippen LogP) is -0.746. The Balaban J connectivity index is 2.54. The molecule has 6 heteroatoms. The number of rotatable bonds is 4. The number of urea groups is 1. The Morgan fingerprint density at radius 1 is 1.56 bits per heavy atom. The average molecular weight is 228 g/mol. The van der Waals surface area contributed by atoms with Crippen LogP contribution in [0.4, 0.5) is 4.79 Å². The van der Waals surface area contributed by atoms with Crippen molar-refractivity contribution < 1.29 is 9.59 Å². The first-order valence-corrected chi connectivity index (χ1v) is 5.57. The Labute approximate surface area is 95.5 Å². The zero-order chi connectivity index (χ0) is 12.1. The molecule has 1 aliphatic rings. The summed E-state index contributed by atoms with van der Waals surface area (Å²) in [5, 5.41) is 5.23. The van der Waals surface area contributed by atoms with Gasteiger partial charge in [0.1, 0.15) is 0 Å². The summed E-state index contributed by atoms with van der Waals surface area (Å²) in [7, 11) is 1.89. The standard InChI is InChI=1S/C10H20N4O2/c1-7(9(15)13-10(11)16)14-5-3-4-8(14)6-12-2/h7-8,12H,3-6H2,1-2H3,(H3,11,13,15,16). The van der Waals surface area contributed by atoms with E-state index in [0.717, 1.165) is 25.9 Å². The fraction of sp³-hybridized carbons (Fsp3) is 0.800. The molecule has 0 spiro atoms. The van der Waals surface area contributed by atoms with Crippen molar-refractivity contribution in [2.45, 2.75) is 31.8 Å². The van der Waals surface area contributed by atoms with Crippen molar-refractivity contribution in [1.82, 2.24) is 15.5 Å². The molecule has 1 rings (SSSR count). The van der Waals surface area contributed by atoms with Gasteiger partial charge < -0.3 is 11.1 Å². The first-order valence-electron chi connectivity index (χ1n) is 5.57. The molecule has 3 amide bonds. The normalized spacial score (nSPS) is 23.0. The zero-order valence-electron chi connectivity index (χ0n) is 9.82. The van der Waals surface area contributed by atoms with Crippen LogP contribution >= 0.6 is 0 Å². The number of imide groups is 1. The van der Waals surface area contributed by atoms with Crippen molar-refractivity contribution >= 4 is 11.9 Å². The summed E-state index contributed by atoms with van der Waals surface area (Å²) in [6.45, 7) is 3.54.